The van der Waals surface area contributed by atoms with Gasteiger partial charge in [-0.2, -0.15) is 0 Å². The van der Waals surface area contributed by atoms with Crippen molar-refractivity contribution < 1.29 is 9.13 Å². The van der Waals surface area contributed by atoms with Crippen LogP contribution < -0.4 is 10.0 Å². The van der Waals surface area contributed by atoms with Gasteiger partial charge >= 0.3 is 0 Å². The molecule has 3 heteroatoms. The molecule has 0 saturated carbocycles. The van der Waals surface area contributed by atoms with Crippen LogP contribution in [0.1, 0.15) is 27.7 Å². The summed E-state index contributed by atoms with van der Waals surface area (Å²) in [6.07, 6.45) is 0. The lowest BCUT2D eigenvalue weighted by atomic mass is 10.1. The van der Waals surface area contributed by atoms with Gasteiger partial charge in [0.25, 0.3) is 0 Å². The van der Waals surface area contributed by atoms with Crippen molar-refractivity contribution in [1.29, 1.82) is 0 Å². The topological polar surface area (TPSA) is 9.23 Å². The normalized spacial score (nSPS) is 8.75. The number of rotatable bonds is 2. The van der Waals surface area contributed by atoms with E-state index in [4.69, 9.17) is 4.74 Å². The van der Waals surface area contributed by atoms with Gasteiger partial charge in [-0.3, -0.25) is 0 Å². The van der Waals surface area contributed by atoms with E-state index in [1.807, 2.05) is 45.9 Å². The number of benzene rings is 2. The van der Waals surface area contributed by atoms with E-state index in [1.165, 1.54) is 12.1 Å². The third kappa shape index (κ3) is 5.30. The Hall–Kier alpha value is -1.40. The first-order valence-corrected chi connectivity index (χ1v) is 7.48. The van der Waals surface area contributed by atoms with Gasteiger partial charge in [0, 0.05) is 0 Å². The second-order valence-corrected chi connectivity index (χ2v) is 4.08. The zero-order valence-electron chi connectivity index (χ0n) is 12.9. The van der Waals surface area contributed by atoms with E-state index in [0.717, 1.165) is 22.2 Å². The van der Waals surface area contributed by atoms with Crippen molar-refractivity contribution in [1.82, 2.24) is 0 Å². The van der Waals surface area contributed by atoms with Crippen molar-refractivity contribution in [3.8, 4) is 16.9 Å². The standard InChI is InChI=1S/C13H12FOP.2C2H6/c1-15-11-6-7-12(13(16)8-11)9-2-4-10(14)5-3-9;2*1-2/h2-8H,16H2,1H3;2*1-2H3. The number of halogens is 1. The van der Waals surface area contributed by atoms with E-state index in [1.54, 1.807) is 19.2 Å². The first-order valence-electron chi connectivity index (χ1n) is 6.90. The number of ether oxygens (including phenoxy) is 1. The maximum Gasteiger partial charge on any atom is 0.123 e. The average Bonchev–Trinajstić information content (AvgIpc) is 2.52. The van der Waals surface area contributed by atoms with Crippen LogP contribution in [0.2, 0.25) is 0 Å². The third-order valence-electron chi connectivity index (χ3n) is 2.41. The van der Waals surface area contributed by atoms with Crippen LogP contribution in [0.4, 0.5) is 4.39 Å². The van der Waals surface area contributed by atoms with Crippen LogP contribution in [-0.2, 0) is 0 Å². The molecule has 2 rings (SSSR count). The minimum Gasteiger partial charge on any atom is -0.497 e. The average molecular weight is 294 g/mol. The van der Waals surface area contributed by atoms with Crippen LogP contribution in [0.15, 0.2) is 42.5 Å². The summed E-state index contributed by atoms with van der Waals surface area (Å²) in [7, 11) is 4.30. The molecule has 0 amide bonds. The zero-order chi connectivity index (χ0) is 15.5. The van der Waals surface area contributed by atoms with Crippen LogP contribution >= 0.6 is 9.24 Å². The van der Waals surface area contributed by atoms with Crippen LogP contribution in [0.3, 0.4) is 0 Å². The molecule has 2 aromatic carbocycles. The molecule has 1 atom stereocenters. The molecule has 0 aliphatic heterocycles. The second-order valence-electron chi connectivity index (χ2n) is 3.46. The smallest absolute Gasteiger partial charge is 0.123 e. The predicted molar refractivity (Wildman–Crippen MR) is 90.4 cm³/mol. The van der Waals surface area contributed by atoms with Gasteiger partial charge in [0.2, 0.25) is 0 Å². The van der Waals surface area contributed by atoms with Crippen LogP contribution in [0.25, 0.3) is 11.1 Å². The fraction of sp³-hybridized carbons (Fsp3) is 0.294. The molecule has 2 aromatic rings. The lowest BCUT2D eigenvalue weighted by Gasteiger charge is -2.07. The Bertz CT molecular complexity index is 495. The Kier molecular flexibility index (Phi) is 9.67. The lowest BCUT2D eigenvalue weighted by molar-refractivity contribution is 0.415. The van der Waals surface area contributed by atoms with E-state index in [9.17, 15) is 4.39 Å². The first kappa shape index (κ1) is 18.6. The quantitative estimate of drug-likeness (QED) is 0.704. The number of methoxy groups -OCH3 is 1. The van der Waals surface area contributed by atoms with Crippen molar-refractivity contribution in [2.75, 3.05) is 7.11 Å². The van der Waals surface area contributed by atoms with E-state index < -0.39 is 0 Å². The van der Waals surface area contributed by atoms with Crippen molar-refractivity contribution >= 4 is 14.5 Å². The van der Waals surface area contributed by atoms with E-state index in [-0.39, 0.29) is 5.82 Å². The Balaban J connectivity index is 0.000000829. The Morgan fingerprint density at radius 3 is 1.90 bits per heavy atom. The van der Waals surface area contributed by atoms with Crippen molar-refractivity contribution in [2.45, 2.75) is 27.7 Å². The van der Waals surface area contributed by atoms with Crippen LogP contribution in [0.5, 0.6) is 5.75 Å². The van der Waals surface area contributed by atoms with Gasteiger partial charge in [-0.1, -0.05) is 45.9 Å². The molecule has 1 nitrogen and oxygen atoms in total. The molecule has 0 bridgehead atoms. The largest absolute Gasteiger partial charge is 0.497 e. The molecule has 20 heavy (non-hydrogen) atoms. The summed E-state index contributed by atoms with van der Waals surface area (Å²) in [5.74, 6) is 0.596. The summed E-state index contributed by atoms with van der Waals surface area (Å²) in [5, 5.41) is 1.03. The van der Waals surface area contributed by atoms with Crippen molar-refractivity contribution in [3.05, 3.63) is 48.3 Å². The molecule has 0 aliphatic carbocycles. The molecule has 0 radical (unpaired) electrons. The monoisotopic (exact) mass is 294 g/mol. The molecule has 0 spiro atoms. The minimum absolute atomic E-state index is 0.220. The number of hydrogen-bond acceptors (Lipinski definition) is 1. The summed E-state index contributed by atoms with van der Waals surface area (Å²) < 4.78 is 17.9. The van der Waals surface area contributed by atoms with Gasteiger partial charge in [0.05, 0.1) is 7.11 Å². The molecule has 0 fully saturated rings. The molecule has 0 saturated heterocycles. The Labute approximate surface area is 124 Å². The summed E-state index contributed by atoms with van der Waals surface area (Å²) in [6, 6.07) is 12.3. The highest BCUT2D eigenvalue weighted by Crippen LogP contribution is 2.22. The van der Waals surface area contributed by atoms with Crippen LogP contribution in [-0.4, -0.2) is 7.11 Å². The fourth-order valence-electron chi connectivity index (χ4n) is 1.56. The molecule has 0 aliphatic rings. The summed E-state index contributed by atoms with van der Waals surface area (Å²) in [4.78, 5) is 0. The maximum atomic E-state index is 12.8. The molecule has 0 heterocycles. The molecule has 110 valence electrons. The first-order chi connectivity index (χ1) is 9.70. The SMILES string of the molecule is CC.CC.COc1ccc(-c2ccc(F)cc2)c(P)c1. The van der Waals surface area contributed by atoms with Crippen LogP contribution in [0, 0.1) is 5.82 Å². The summed E-state index contributed by atoms with van der Waals surface area (Å²) in [5.41, 5.74) is 2.06. The molecule has 0 N–H and O–H groups in total. The third-order valence-corrected chi connectivity index (χ3v) is 2.89. The minimum atomic E-state index is -0.220. The van der Waals surface area contributed by atoms with E-state index >= 15 is 0 Å². The van der Waals surface area contributed by atoms with Crippen molar-refractivity contribution in [2.24, 2.45) is 0 Å². The number of hydrogen-bond donors (Lipinski definition) is 0. The summed E-state index contributed by atoms with van der Waals surface area (Å²) >= 11 is 0. The van der Waals surface area contributed by atoms with Crippen molar-refractivity contribution in [3.63, 3.8) is 0 Å². The molecular weight excluding hydrogens is 270 g/mol. The fourth-order valence-corrected chi connectivity index (χ4v) is 1.99. The van der Waals surface area contributed by atoms with Gasteiger partial charge in [-0.25, -0.2) is 4.39 Å². The van der Waals surface area contributed by atoms with Gasteiger partial charge < -0.3 is 4.74 Å². The highest BCUT2D eigenvalue weighted by atomic mass is 31.0. The van der Waals surface area contributed by atoms with Gasteiger partial charge in [0.15, 0.2) is 0 Å². The second kappa shape index (κ2) is 10.4. The lowest BCUT2D eigenvalue weighted by Crippen LogP contribution is -1.98. The maximum absolute atomic E-state index is 12.8. The van der Waals surface area contributed by atoms with Gasteiger partial charge in [-0.15, -0.1) is 9.24 Å². The Morgan fingerprint density at radius 1 is 0.900 bits per heavy atom. The summed E-state index contributed by atoms with van der Waals surface area (Å²) in [6.45, 7) is 8.00. The molecule has 1 unspecified atom stereocenters. The van der Waals surface area contributed by atoms with E-state index in [2.05, 4.69) is 9.24 Å². The predicted octanol–water partition coefficient (Wildman–Crippen LogP) is 5.05. The Morgan fingerprint density at radius 2 is 1.45 bits per heavy atom. The highest BCUT2D eigenvalue weighted by molar-refractivity contribution is 7.28. The zero-order valence-corrected chi connectivity index (χ0v) is 14.1. The van der Waals surface area contributed by atoms with Gasteiger partial charge in [0.1, 0.15) is 11.6 Å². The van der Waals surface area contributed by atoms with Gasteiger partial charge in [-0.05, 0) is 40.7 Å². The highest BCUT2D eigenvalue weighted by Gasteiger charge is 2.03. The molecule has 0 aromatic heterocycles. The van der Waals surface area contributed by atoms with E-state index in [0.29, 0.717) is 0 Å². The molecular formula is C17H24FOP.